The van der Waals surface area contributed by atoms with Crippen molar-refractivity contribution in [2.75, 3.05) is 6.54 Å². The molecule has 0 saturated carbocycles. The molecule has 1 N–H and O–H groups in total. The lowest BCUT2D eigenvalue weighted by atomic mass is 10.1. The molecule has 1 heterocycles. The van der Waals surface area contributed by atoms with Gasteiger partial charge < -0.3 is 5.32 Å². The Morgan fingerprint density at radius 3 is 2.81 bits per heavy atom. The Bertz CT molecular complexity index is 465. The molecule has 16 heavy (non-hydrogen) atoms. The van der Waals surface area contributed by atoms with Crippen molar-refractivity contribution in [2.45, 2.75) is 26.3 Å². The van der Waals surface area contributed by atoms with E-state index >= 15 is 0 Å². The number of hydrogen-bond donors (Lipinski definition) is 1. The Labute approximate surface area is 96.7 Å². The van der Waals surface area contributed by atoms with Gasteiger partial charge in [-0.25, -0.2) is 0 Å². The van der Waals surface area contributed by atoms with E-state index in [0.29, 0.717) is 6.04 Å². The lowest BCUT2D eigenvalue weighted by Gasteiger charge is -2.13. The van der Waals surface area contributed by atoms with Crippen LogP contribution in [0.15, 0.2) is 36.4 Å². The molecule has 0 aliphatic carbocycles. The number of pyridine rings is 1. The lowest BCUT2D eigenvalue weighted by molar-refractivity contribution is 0.560. The predicted molar refractivity (Wildman–Crippen MR) is 68.5 cm³/mol. The molecule has 0 amide bonds. The number of nitrogens with zero attached hydrogens (tertiary/aromatic N) is 1. The van der Waals surface area contributed by atoms with Gasteiger partial charge in [-0.05, 0) is 32.0 Å². The van der Waals surface area contributed by atoms with E-state index < -0.39 is 0 Å². The number of nitrogens with one attached hydrogen (secondary N) is 1. The normalized spacial score (nSPS) is 12.9. The molecule has 0 radical (unpaired) electrons. The summed E-state index contributed by atoms with van der Waals surface area (Å²) in [5.74, 6) is 0. The van der Waals surface area contributed by atoms with Gasteiger partial charge in [-0.2, -0.15) is 0 Å². The minimum atomic E-state index is 0.324. The smallest absolute Gasteiger partial charge is 0.0706 e. The van der Waals surface area contributed by atoms with Crippen LogP contribution < -0.4 is 5.32 Å². The van der Waals surface area contributed by atoms with Crippen LogP contribution in [-0.4, -0.2) is 11.5 Å². The molecule has 1 aromatic carbocycles. The Morgan fingerprint density at radius 1 is 1.19 bits per heavy atom. The van der Waals surface area contributed by atoms with Crippen molar-refractivity contribution in [2.24, 2.45) is 0 Å². The van der Waals surface area contributed by atoms with Gasteiger partial charge in [-0.15, -0.1) is 0 Å². The number of para-hydroxylation sites is 1. The number of aromatic nitrogens is 1. The fraction of sp³-hybridized carbons (Fsp3) is 0.357. The van der Waals surface area contributed by atoms with Crippen LogP contribution in [0.1, 0.15) is 32.0 Å². The summed E-state index contributed by atoms with van der Waals surface area (Å²) in [7, 11) is 0. The van der Waals surface area contributed by atoms with Crippen LogP contribution in [0.3, 0.4) is 0 Å². The van der Waals surface area contributed by atoms with Crippen LogP contribution in [0, 0.1) is 0 Å². The fourth-order valence-corrected chi connectivity index (χ4v) is 1.79. The molecule has 0 spiro atoms. The number of hydrogen-bond acceptors (Lipinski definition) is 2. The molecule has 2 rings (SSSR count). The van der Waals surface area contributed by atoms with Gasteiger partial charge in [0, 0.05) is 11.4 Å². The lowest BCUT2D eigenvalue weighted by Crippen LogP contribution is -2.20. The molecular weight excluding hydrogens is 196 g/mol. The van der Waals surface area contributed by atoms with Gasteiger partial charge in [0.15, 0.2) is 0 Å². The average Bonchev–Trinajstić information content (AvgIpc) is 2.35. The minimum absolute atomic E-state index is 0.324. The topological polar surface area (TPSA) is 24.9 Å². The summed E-state index contributed by atoms with van der Waals surface area (Å²) in [6, 6.07) is 12.8. The second-order valence-corrected chi connectivity index (χ2v) is 4.10. The van der Waals surface area contributed by atoms with Gasteiger partial charge in [0.05, 0.1) is 11.2 Å². The molecule has 2 nitrogen and oxygen atoms in total. The first-order valence-corrected chi connectivity index (χ1v) is 5.90. The molecule has 0 aliphatic rings. The number of rotatable bonds is 4. The summed E-state index contributed by atoms with van der Waals surface area (Å²) in [6.45, 7) is 5.37. The van der Waals surface area contributed by atoms with Crippen molar-refractivity contribution in [3.63, 3.8) is 0 Å². The summed E-state index contributed by atoms with van der Waals surface area (Å²) in [6.07, 6.45) is 1.15. The molecule has 0 aliphatic heterocycles. The Morgan fingerprint density at radius 2 is 2.00 bits per heavy atom. The van der Waals surface area contributed by atoms with Crippen LogP contribution in [0.4, 0.5) is 0 Å². The average molecular weight is 214 g/mol. The van der Waals surface area contributed by atoms with Crippen LogP contribution in [0.5, 0.6) is 0 Å². The molecule has 0 fully saturated rings. The van der Waals surface area contributed by atoms with Crippen LogP contribution >= 0.6 is 0 Å². The second-order valence-electron chi connectivity index (χ2n) is 4.10. The summed E-state index contributed by atoms with van der Waals surface area (Å²) in [4.78, 5) is 4.67. The maximum atomic E-state index is 4.67. The van der Waals surface area contributed by atoms with Crippen LogP contribution in [-0.2, 0) is 0 Å². The van der Waals surface area contributed by atoms with Crippen LogP contribution in [0.2, 0.25) is 0 Å². The van der Waals surface area contributed by atoms with E-state index in [2.05, 4.69) is 48.4 Å². The van der Waals surface area contributed by atoms with Gasteiger partial charge in [0.25, 0.3) is 0 Å². The molecular formula is C14H18N2. The monoisotopic (exact) mass is 214 g/mol. The fourth-order valence-electron chi connectivity index (χ4n) is 1.79. The SMILES string of the molecule is CCCNC(C)c1ccc2ccccc2n1. The van der Waals surface area contributed by atoms with Gasteiger partial charge in [-0.3, -0.25) is 4.98 Å². The van der Waals surface area contributed by atoms with Gasteiger partial charge in [0.1, 0.15) is 0 Å². The van der Waals surface area contributed by atoms with Crippen molar-refractivity contribution in [3.05, 3.63) is 42.1 Å². The summed E-state index contributed by atoms with van der Waals surface area (Å²) in [5.41, 5.74) is 2.19. The molecule has 2 aromatic rings. The maximum Gasteiger partial charge on any atom is 0.0706 e. The third-order valence-electron chi connectivity index (χ3n) is 2.76. The van der Waals surface area contributed by atoms with Crippen molar-refractivity contribution < 1.29 is 0 Å². The highest BCUT2D eigenvalue weighted by atomic mass is 14.9. The first kappa shape index (κ1) is 11.1. The molecule has 0 bridgehead atoms. The zero-order chi connectivity index (χ0) is 11.4. The summed E-state index contributed by atoms with van der Waals surface area (Å²) >= 11 is 0. The molecule has 1 unspecified atom stereocenters. The van der Waals surface area contributed by atoms with Crippen molar-refractivity contribution in [1.29, 1.82) is 0 Å². The zero-order valence-electron chi connectivity index (χ0n) is 9.90. The minimum Gasteiger partial charge on any atom is -0.309 e. The van der Waals surface area contributed by atoms with Gasteiger partial charge in [-0.1, -0.05) is 31.2 Å². The van der Waals surface area contributed by atoms with E-state index in [9.17, 15) is 0 Å². The quantitative estimate of drug-likeness (QED) is 0.844. The molecule has 1 aromatic heterocycles. The van der Waals surface area contributed by atoms with E-state index in [1.807, 2.05) is 12.1 Å². The predicted octanol–water partition coefficient (Wildman–Crippen LogP) is 3.30. The molecule has 0 saturated heterocycles. The Balaban J connectivity index is 2.25. The third kappa shape index (κ3) is 2.39. The van der Waals surface area contributed by atoms with E-state index in [0.717, 1.165) is 24.2 Å². The molecule has 1 atom stereocenters. The van der Waals surface area contributed by atoms with Gasteiger partial charge in [0.2, 0.25) is 0 Å². The maximum absolute atomic E-state index is 4.67. The first-order valence-electron chi connectivity index (χ1n) is 5.90. The van der Waals surface area contributed by atoms with E-state index in [4.69, 9.17) is 0 Å². The third-order valence-corrected chi connectivity index (χ3v) is 2.76. The van der Waals surface area contributed by atoms with Crippen molar-refractivity contribution in [3.8, 4) is 0 Å². The highest BCUT2D eigenvalue weighted by molar-refractivity contribution is 5.78. The number of fused-ring (bicyclic) bond motifs is 1. The van der Waals surface area contributed by atoms with Crippen molar-refractivity contribution >= 4 is 10.9 Å². The van der Waals surface area contributed by atoms with Gasteiger partial charge >= 0.3 is 0 Å². The zero-order valence-corrected chi connectivity index (χ0v) is 9.90. The highest BCUT2D eigenvalue weighted by Gasteiger charge is 2.05. The summed E-state index contributed by atoms with van der Waals surface area (Å²) in [5, 5.41) is 4.65. The van der Waals surface area contributed by atoms with E-state index in [1.54, 1.807) is 0 Å². The van der Waals surface area contributed by atoms with E-state index in [1.165, 1.54) is 5.39 Å². The Kier molecular flexibility index (Phi) is 3.52. The largest absolute Gasteiger partial charge is 0.309 e. The molecule has 84 valence electrons. The molecule has 2 heteroatoms. The van der Waals surface area contributed by atoms with Crippen molar-refractivity contribution in [1.82, 2.24) is 10.3 Å². The second kappa shape index (κ2) is 5.08. The standard InChI is InChI=1S/C14H18N2/c1-3-10-15-11(2)13-9-8-12-6-4-5-7-14(12)16-13/h4-9,11,15H,3,10H2,1-2H3. The highest BCUT2D eigenvalue weighted by Crippen LogP contribution is 2.16. The van der Waals surface area contributed by atoms with E-state index in [-0.39, 0.29) is 0 Å². The Hall–Kier alpha value is -1.41. The summed E-state index contributed by atoms with van der Waals surface area (Å²) < 4.78 is 0. The number of benzene rings is 1. The van der Waals surface area contributed by atoms with Crippen LogP contribution in [0.25, 0.3) is 10.9 Å². The first-order chi connectivity index (χ1) is 7.81.